The lowest BCUT2D eigenvalue weighted by Gasteiger charge is -2.34. The molecular formula is C14H16BrFN2O2. The second kappa shape index (κ2) is 6.35. The topological polar surface area (TPSA) is 49.4 Å². The standard InChI is InChI=1S/C14H16BrFN2O2/c1-17-13(19)12-4-2-3-7-18(12)14(20)9-5-6-10(15)11(16)8-9/h5-6,8,12H,2-4,7H2,1H3,(H,17,19). The molecule has 1 N–H and O–H groups in total. The first-order chi connectivity index (χ1) is 9.54. The molecule has 20 heavy (non-hydrogen) atoms. The Balaban J connectivity index is 2.25. The van der Waals surface area contributed by atoms with Gasteiger partial charge in [-0.3, -0.25) is 9.59 Å². The van der Waals surface area contributed by atoms with E-state index in [1.807, 2.05) is 0 Å². The third-order valence-electron chi connectivity index (χ3n) is 3.48. The van der Waals surface area contributed by atoms with E-state index in [2.05, 4.69) is 21.2 Å². The molecule has 1 fully saturated rings. The first-order valence-electron chi connectivity index (χ1n) is 6.52. The quantitative estimate of drug-likeness (QED) is 0.896. The Labute approximate surface area is 125 Å². The fourth-order valence-corrected chi connectivity index (χ4v) is 2.66. The minimum absolute atomic E-state index is 0.171. The molecule has 2 amide bonds. The van der Waals surface area contributed by atoms with E-state index in [9.17, 15) is 14.0 Å². The Bertz CT molecular complexity index is 536. The van der Waals surface area contributed by atoms with Crippen LogP contribution in [0.5, 0.6) is 0 Å². The van der Waals surface area contributed by atoms with Gasteiger partial charge in [-0.15, -0.1) is 0 Å². The Morgan fingerprint density at radius 2 is 2.15 bits per heavy atom. The number of likely N-dealkylation sites (tertiary alicyclic amines) is 1. The molecule has 1 aliphatic rings. The number of likely N-dealkylation sites (N-methyl/N-ethyl adjacent to an activating group) is 1. The van der Waals surface area contributed by atoms with Crippen molar-refractivity contribution < 1.29 is 14.0 Å². The number of carbonyl (C=O) groups excluding carboxylic acids is 2. The highest BCUT2D eigenvalue weighted by Crippen LogP contribution is 2.22. The summed E-state index contributed by atoms with van der Waals surface area (Å²) >= 11 is 3.06. The number of piperidine rings is 1. The molecule has 1 atom stereocenters. The number of halogens is 2. The number of hydrogen-bond donors (Lipinski definition) is 1. The van der Waals surface area contributed by atoms with Crippen LogP contribution in [0.25, 0.3) is 0 Å². The summed E-state index contributed by atoms with van der Waals surface area (Å²) in [7, 11) is 1.55. The number of benzene rings is 1. The zero-order valence-corrected chi connectivity index (χ0v) is 12.7. The second-order valence-corrected chi connectivity index (χ2v) is 5.61. The van der Waals surface area contributed by atoms with Gasteiger partial charge in [-0.2, -0.15) is 0 Å². The molecule has 0 aromatic heterocycles. The number of amides is 2. The van der Waals surface area contributed by atoms with E-state index >= 15 is 0 Å². The molecule has 1 unspecified atom stereocenters. The zero-order chi connectivity index (χ0) is 14.7. The molecule has 6 heteroatoms. The van der Waals surface area contributed by atoms with Crippen molar-refractivity contribution in [3.8, 4) is 0 Å². The smallest absolute Gasteiger partial charge is 0.254 e. The van der Waals surface area contributed by atoms with Crippen molar-refractivity contribution in [1.82, 2.24) is 10.2 Å². The summed E-state index contributed by atoms with van der Waals surface area (Å²) in [6, 6.07) is 3.79. The first-order valence-corrected chi connectivity index (χ1v) is 7.31. The molecule has 1 aromatic rings. The lowest BCUT2D eigenvalue weighted by molar-refractivity contribution is -0.126. The zero-order valence-electron chi connectivity index (χ0n) is 11.2. The van der Waals surface area contributed by atoms with Crippen molar-refractivity contribution in [2.75, 3.05) is 13.6 Å². The van der Waals surface area contributed by atoms with Crippen molar-refractivity contribution >= 4 is 27.7 Å². The lowest BCUT2D eigenvalue weighted by atomic mass is 10.00. The fraction of sp³-hybridized carbons (Fsp3) is 0.429. The molecule has 0 saturated carbocycles. The van der Waals surface area contributed by atoms with Crippen molar-refractivity contribution in [2.45, 2.75) is 25.3 Å². The first kappa shape index (κ1) is 15.0. The van der Waals surface area contributed by atoms with E-state index in [4.69, 9.17) is 0 Å². The van der Waals surface area contributed by atoms with Crippen LogP contribution < -0.4 is 5.32 Å². The van der Waals surface area contributed by atoms with Crippen molar-refractivity contribution in [1.29, 1.82) is 0 Å². The van der Waals surface area contributed by atoms with E-state index < -0.39 is 11.9 Å². The Morgan fingerprint density at radius 1 is 1.40 bits per heavy atom. The Morgan fingerprint density at radius 3 is 2.80 bits per heavy atom. The van der Waals surface area contributed by atoms with Crippen LogP contribution in [0.1, 0.15) is 29.6 Å². The van der Waals surface area contributed by atoms with Gasteiger partial charge in [-0.05, 0) is 53.4 Å². The largest absolute Gasteiger partial charge is 0.357 e. The normalized spacial score (nSPS) is 18.8. The summed E-state index contributed by atoms with van der Waals surface area (Å²) in [6.45, 7) is 0.522. The molecule has 1 saturated heterocycles. The third-order valence-corrected chi connectivity index (χ3v) is 4.12. The van der Waals surface area contributed by atoms with Gasteiger partial charge in [0.05, 0.1) is 4.47 Å². The van der Waals surface area contributed by atoms with Crippen LogP contribution in [0.2, 0.25) is 0 Å². The van der Waals surface area contributed by atoms with Crippen LogP contribution in [0, 0.1) is 5.82 Å². The molecule has 0 spiro atoms. The van der Waals surface area contributed by atoms with Gasteiger partial charge >= 0.3 is 0 Å². The second-order valence-electron chi connectivity index (χ2n) is 4.75. The SMILES string of the molecule is CNC(=O)C1CCCCN1C(=O)c1ccc(Br)c(F)c1. The van der Waals surface area contributed by atoms with E-state index in [0.717, 1.165) is 12.8 Å². The summed E-state index contributed by atoms with van der Waals surface area (Å²) in [5.41, 5.74) is 0.265. The summed E-state index contributed by atoms with van der Waals surface area (Å²) in [6.07, 6.45) is 2.42. The summed E-state index contributed by atoms with van der Waals surface area (Å²) in [4.78, 5) is 25.8. The highest BCUT2D eigenvalue weighted by Gasteiger charge is 2.32. The molecule has 0 radical (unpaired) electrons. The molecule has 1 heterocycles. The van der Waals surface area contributed by atoms with Crippen LogP contribution >= 0.6 is 15.9 Å². The highest BCUT2D eigenvalue weighted by molar-refractivity contribution is 9.10. The summed E-state index contributed by atoms with van der Waals surface area (Å²) < 4.78 is 13.8. The van der Waals surface area contributed by atoms with Gasteiger partial charge in [0.2, 0.25) is 5.91 Å². The van der Waals surface area contributed by atoms with Crippen LogP contribution in [0.3, 0.4) is 0 Å². The maximum Gasteiger partial charge on any atom is 0.254 e. The molecule has 0 bridgehead atoms. The molecule has 1 aliphatic heterocycles. The van der Waals surface area contributed by atoms with Gasteiger partial charge < -0.3 is 10.2 Å². The van der Waals surface area contributed by atoms with Crippen LogP contribution in [-0.4, -0.2) is 36.3 Å². The van der Waals surface area contributed by atoms with Crippen molar-refractivity contribution in [3.05, 3.63) is 34.1 Å². The van der Waals surface area contributed by atoms with Crippen LogP contribution in [0.4, 0.5) is 4.39 Å². The maximum absolute atomic E-state index is 13.5. The minimum atomic E-state index is -0.482. The van der Waals surface area contributed by atoms with Crippen LogP contribution in [-0.2, 0) is 4.79 Å². The average molecular weight is 343 g/mol. The summed E-state index contributed by atoms with van der Waals surface area (Å²) in [5, 5.41) is 2.58. The molecular weight excluding hydrogens is 327 g/mol. The van der Waals surface area contributed by atoms with Gasteiger partial charge in [0.25, 0.3) is 5.91 Å². The third kappa shape index (κ3) is 3.00. The van der Waals surface area contributed by atoms with E-state index in [-0.39, 0.29) is 17.4 Å². The van der Waals surface area contributed by atoms with Crippen molar-refractivity contribution in [3.63, 3.8) is 0 Å². The van der Waals surface area contributed by atoms with Gasteiger partial charge in [-0.1, -0.05) is 0 Å². The number of hydrogen-bond acceptors (Lipinski definition) is 2. The van der Waals surface area contributed by atoms with Gasteiger partial charge in [0.15, 0.2) is 0 Å². The minimum Gasteiger partial charge on any atom is -0.357 e. The molecule has 0 aliphatic carbocycles. The van der Waals surface area contributed by atoms with Crippen molar-refractivity contribution in [2.24, 2.45) is 0 Å². The average Bonchev–Trinajstić information content (AvgIpc) is 2.48. The van der Waals surface area contributed by atoms with E-state index in [1.165, 1.54) is 17.0 Å². The number of nitrogens with one attached hydrogen (secondary N) is 1. The summed E-state index contributed by atoms with van der Waals surface area (Å²) in [5.74, 6) is -0.954. The fourth-order valence-electron chi connectivity index (χ4n) is 2.41. The predicted octanol–water partition coefficient (Wildman–Crippen LogP) is 2.33. The van der Waals surface area contributed by atoms with Crippen LogP contribution in [0.15, 0.2) is 22.7 Å². The monoisotopic (exact) mass is 342 g/mol. The lowest BCUT2D eigenvalue weighted by Crippen LogP contribution is -2.51. The molecule has 108 valence electrons. The Hall–Kier alpha value is -1.43. The molecule has 2 rings (SSSR count). The molecule has 1 aromatic carbocycles. The van der Waals surface area contributed by atoms with E-state index in [0.29, 0.717) is 17.4 Å². The molecule has 4 nitrogen and oxygen atoms in total. The van der Waals surface area contributed by atoms with E-state index in [1.54, 1.807) is 13.1 Å². The number of carbonyl (C=O) groups is 2. The highest BCUT2D eigenvalue weighted by atomic mass is 79.9. The number of nitrogens with zero attached hydrogens (tertiary/aromatic N) is 1. The van der Waals surface area contributed by atoms with Gasteiger partial charge in [0.1, 0.15) is 11.9 Å². The Kier molecular flexibility index (Phi) is 4.75. The van der Waals surface area contributed by atoms with Gasteiger partial charge in [0, 0.05) is 19.2 Å². The maximum atomic E-state index is 13.5. The number of rotatable bonds is 2. The van der Waals surface area contributed by atoms with Gasteiger partial charge in [-0.25, -0.2) is 4.39 Å². The predicted molar refractivity (Wildman–Crippen MR) is 76.8 cm³/mol.